The van der Waals surface area contributed by atoms with E-state index in [1.807, 2.05) is 37.3 Å². The molecule has 0 aromatic heterocycles. The van der Waals surface area contributed by atoms with Crippen molar-refractivity contribution >= 4 is 0 Å². The van der Waals surface area contributed by atoms with Gasteiger partial charge in [0.05, 0.1) is 0 Å². The average molecular weight is 202 g/mol. The van der Waals surface area contributed by atoms with Gasteiger partial charge in [-0.2, -0.15) is 0 Å². The monoisotopic (exact) mass is 202 g/mol. The van der Waals surface area contributed by atoms with Crippen LogP contribution in [0.1, 0.15) is 6.92 Å². The summed E-state index contributed by atoms with van der Waals surface area (Å²) in [5.74, 6) is 0. The summed E-state index contributed by atoms with van der Waals surface area (Å²) in [6.07, 6.45) is 18.4. The highest BCUT2D eigenvalue weighted by molar-refractivity contribution is 5.18. The van der Waals surface area contributed by atoms with E-state index in [0.717, 1.165) is 0 Å². The minimum atomic E-state index is 0.650. The number of rotatable bonds is 6. The first-order valence-electron chi connectivity index (χ1n) is 4.76. The lowest BCUT2D eigenvalue weighted by molar-refractivity contribution is 1.15. The first-order valence-corrected chi connectivity index (χ1v) is 4.76. The highest BCUT2D eigenvalue weighted by Crippen LogP contribution is 1.85. The molecule has 0 aromatic carbocycles. The zero-order valence-corrected chi connectivity index (χ0v) is 9.06. The fourth-order valence-electron chi connectivity index (χ4n) is 0.722. The molecule has 0 amide bonds. The highest BCUT2D eigenvalue weighted by atomic mass is 14.8. The SMILES string of the molecule is C=C/C=C\C(N)=C\N/C=C/C=C\C=C/C. The molecule has 0 unspecified atom stereocenters. The molecule has 0 aromatic rings. The molecule has 0 bridgehead atoms. The zero-order valence-electron chi connectivity index (χ0n) is 9.06. The van der Waals surface area contributed by atoms with Crippen LogP contribution in [-0.2, 0) is 0 Å². The molecular formula is C13H18N2. The van der Waals surface area contributed by atoms with Gasteiger partial charge in [-0.1, -0.05) is 43.0 Å². The van der Waals surface area contributed by atoms with E-state index in [1.54, 1.807) is 30.6 Å². The molecule has 2 heteroatoms. The highest BCUT2D eigenvalue weighted by Gasteiger charge is 1.76. The molecule has 15 heavy (non-hydrogen) atoms. The third-order valence-corrected chi connectivity index (χ3v) is 1.39. The Morgan fingerprint density at radius 1 is 1.13 bits per heavy atom. The minimum Gasteiger partial charge on any atom is -0.398 e. The van der Waals surface area contributed by atoms with Gasteiger partial charge in [0.15, 0.2) is 0 Å². The van der Waals surface area contributed by atoms with Gasteiger partial charge in [-0.25, -0.2) is 0 Å². The maximum absolute atomic E-state index is 5.62. The molecule has 0 aliphatic heterocycles. The van der Waals surface area contributed by atoms with Gasteiger partial charge in [0, 0.05) is 18.1 Å². The molecule has 3 N–H and O–H groups in total. The van der Waals surface area contributed by atoms with Crippen LogP contribution in [0.3, 0.4) is 0 Å². The van der Waals surface area contributed by atoms with Gasteiger partial charge >= 0.3 is 0 Å². The van der Waals surface area contributed by atoms with E-state index in [1.165, 1.54) is 0 Å². The van der Waals surface area contributed by atoms with Crippen LogP contribution in [0.25, 0.3) is 0 Å². The Morgan fingerprint density at radius 2 is 1.87 bits per heavy atom. The molecule has 0 aliphatic rings. The van der Waals surface area contributed by atoms with Crippen LogP contribution in [0.5, 0.6) is 0 Å². The van der Waals surface area contributed by atoms with Gasteiger partial charge in [0.2, 0.25) is 0 Å². The molecule has 0 saturated carbocycles. The third-order valence-electron chi connectivity index (χ3n) is 1.39. The first kappa shape index (κ1) is 13.0. The number of nitrogens with one attached hydrogen (secondary N) is 1. The van der Waals surface area contributed by atoms with Gasteiger partial charge in [0.1, 0.15) is 0 Å². The quantitative estimate of drug-likeness (QED) is 0.650. The first-order chi connectivity index (χ1) is 7.31. The maximum atomic E-state index is 5.62. The van der Waals surface area contributed by atoms with Crippen LogP contribution in [-0.4, -0.2) is 0 Å². The molecule has 0 atom stereocenters. The Morgan fingerprint density at radius 3 is 2.53 bits per heavy atom. The van der Waals surface area contributed by atoms with Gasteiger partial charge in [-0.15, -0.1) is 0 Å². The Bertz CT molecular complexity index is 304. The van der Waals surface area contributed by atoms with Crippen molar-refractivity contribution in [3.63, 3.8) is 0 Å². The normalized spacial score (nSPS) is 13.5. The molecule has 0 heterocycles. The summed E-state index contributed by atoms with van der Waals surface area (Å²) in [6, 6.07) is 0. The van der Waals surface area contributed by atoms with E-state index in [9.17, 15) is 0 Å². The van der Waals surface area contributed by atoms with Crippen LogP contribution in [0.15, 0.2) is 73.3 Å². The molecule has 0 fully saturated rings. The topological polar surface area (TPSA) is 38.0 Å². The van der Waals surface area contributed by atoms with E-state index in [0.29, 0.717) is 5.70 Å². The molecular weight excluding hydrogens is 184 g/mol. The lowest BCUT2D eigenvalue weighted by Gasteiger charge is -1.91. The van der Waals surface area contributed by atoms with Crippen molar-refractivity contribution in [3.8, 4) is 0 Å². The van der Waals surface area contributed by atoms with Crippen molar-refractivity contribution in [2.24, 2.45) is 5.73 Å². The molecule has 0 saturated heterocycles. The van der Waals surface area contributed by atoms with Gasteiger partial charge in [-0.3, -0.25) is 0 Å². The standard InChI is InChI=1S/C13H18N2/c1-3-5-7-8-9-11-15-12-13(14)10-6-4-2/h3-12,15H,2,14H2,1H3/b5-3-,8-7-,10-6-,11-9+,13-12-. The lowest BCUT2D eigenvalue weighted by atomic mass is 10.4. The van der Waals surface area contributed by atoms with E-state index in [4.69, 9.17) is 5.73 Å². The van der Waals surface area contributed by atoms with E-state index >= 15 is 0 Å². The summed E-state index contributed by atoms with van der Waals surface area (Å²) in [4.78, 5) is 0. The molecule has 0 aliphatic carbocycles. The lowest BCUT2D eigenvalue weighted by Crippen LogP contribution is -2.00. The summed E-state index contributed by atoms with van der Waals surface area (Å²) in [6.45, 7) is 5.53. The number of nitrogens with two attached hydrogens (primary N) is 1. The van der Waals surface area contributed by atoms with Crippen LogP contribution in [0.2, 0.25) is 0 Å². The van der Waals surface area contributed by atoms with Crippen LogP contribution >= 0.6 is 0 Å². The second-order valence-corrected chi connectivity index (χ2v) is 2.68. The van der Waals surface area contributed by atoms with Gasteiger partial charge in [-0.05, 0) is 19.1 Å². The Labute approximate surface area is 91.9 Å². The number of hydrogen-bond donors (Lipinski definition) is 2. The van der Waals surface area contributed by atoms with E-state index in [2.05, 4.69) is 11.9 Å². The van der Waals surface area contributed by atoms with Crippen molar-refractivity contribution in [2.75, 3.05) is 0 Å². The minimum absolute atomic E-state index is 0.650. The van der Waals surface area contributed by atoms with Crippen LogP contribution < -0.4 is 11.1 Å². The number of allylic oxidation sites excluding steroid dienone is 8. The van der Waals surface area contributed by atoms with Crippen LogP contribution in [0.4, 0.5) is 0 Å². The van der Waals surface area contributed by atoms with Crippen LogP contribution in [0, 0.1) is 0 Å². The fourth-order valence-corrected chi connectivity index (χ4v) is 0.722. The largest absolute Gasteiger partial charge is 0.398 e. The van der Waals surface area contributed by atoms with Crippen molar-refractivity contribution < 1.29 is 0 Å². The Balaban J connectivity index is 3.86. The summed E-state index contributed by atoms with van der Waals surface area (Å²) < 4.78 is 0. The third kappa shape index (κ3) is 9.96. The van der Waals surface area contributed by atoms with Crippen molar-refractivity contribution in [1.82, 2.24) is 5.32 Å². The predicted octanol–water partition coefficient (Wildman–Crippen LogP) is 2.76. The zero-order chi connectivity index (χ0) is 11.4. The smallest absolute Gasteiger partial charge is 0.0476 e. The van der Waals surface area contributed by atoms with E-state index in [-0.39, 0.29) is 0 Å². The second kappa shape index (κ2) is 10.1. The summed E-state index contributed by atoms with van der Waals surface area (Å²) in [5, 5.41) is 2.94. The van der Waals surface area contributed by atoms with E-state index < -0.39 is 0 Å². The molecule has 0 spiro atoms. The molecule has 0 radical (unpaired) electrons. The molecule has 80 valence electrons. The van der Waals surface area contributed by atoms with Crippen molar-refractivity contribution in [1.29, 1.82) is 0 Å². The maximum Gasteiger partial charge on any atom is 0.0476 e. The second-order valence-electron chi connectivity index (χ2n) is 2.68. The van der Waals surface area contributed by atoms with Crippen molar-refractivity contribution in [3.05, 3.63) is 73.3 Å². The molecule has 0 rings (SSSR count). The fraction of sp³-hybridized carbons (Fsp3) is 0.0769. The number of hydrogen-bond acceptors (Lipinski definition) is 2. The summed E-state index contributed by atoms with van der Waals surface area (Å²) in [5.41, 5.74) is 6.27. The van der Waals surface area contributed by atoms with Crippen molar-refractivity contribution in [2.45, 2.75) is 6.92 Å². The predicted molar refractivity (Wildman–Crippen MR) is 67.8 cm³/mol. The average Bonchev–Trinajstić information content (AvgIpc) is 2.25. The Hall–Kier alpha value is -1.96. The summed E-state index contributed by atoms with van der Waals surface area (Å²) in [7, 11) is 0. The Kier molecular flexibility index (Phi) is 8.80. The van der Waals surface area contributed by atoms with Gasteiger partial charge in [0.25, 0.3) is 0 Å². The summed E-state index contributed by atoms with van der Waals surface area (Å²) >= 11 is 0. The van der Waals surface area contributed by atoms with Gasteiger partial charge < -0.3 is 11.1 Å². The molecule has 2 nitrogen and oxygen atoms in total.